The molecule has 0 saturated carbocycles. The second-order valence-electron chi connectivity index (χ2n) is 3.94. The molecule has 0 unspecified atom stereocenters. The zero-order valence-corrected chi connectivity index (χ0v) is 9.98. The molecule has 4 heteroatoms. The minimum atomic E-state index is -0.581. The van der Waals surface area contributed by atoms with E-state index in [1.54, 1.807) is 24.3 Å². The molecule has 1 aromatic carbocycles. The summed E-state index contributed by atoms with van der Waals surface area (Å²) in [7, 11) is 0. The summed E-state index contributed by atoms with van der Waals surface area (Å²) in [6.45, 7) is 2.02. The van der Waals surface area contributed by atoms with Crippen LogP contribution in [-0.2, 0) is 4.79 Å². The monoisotopic (exact) mass is 234 g/mol. The van der Waals surface area contributed by atoms with Crippen LogP contribution in [0.1, 0.15) is 36.5 Å². The molecule has 1 aromatic rings. The molecule has 0 saturated heterocycles. The van der Waals surface area contributed by atoms with Gasteiger partial charge in [-0.3, -0.25) is 9.59 Å². The fraction of sp³-hybridized carbons (Fsp3) is 0.385. The van der Waals surface area contributed by atoms with E-state index in [1.807, 2.05) is 13.0 Å². The fourth-order valence-corrected chi connectivity index (χ4v) is 1.52. The molecule has 4 nitrogen and oxygen atoms in total. The third-order valence-corrected chi connectivity index (χ3v) is 2.53. The first kappa shape index (κ1) is 13.2. The maximum absolute atomic E-state index is 11.8. The predicted molar refractivity (Wildman–Crippen MR) is 66.4 cm³/mol. The molecule has 0 bridgehead atoms. The Morgan fingerprint density at radius 1 is 1.29 bits per heavy atom. The van der Waals surface area contributed by atoms with Crippen molar-refractivity contribution >= 4 is 11.8 Å². The molecular formula is C13H18N2O2. The summed E-state index contributed by atoms with van der Waals surface area (Å²) in [4.78, 5) is 23.0. The zero-order chi connectivity index (χ0) is 12.7. The van der Waals surface area contributed by atoms with E-state index in [2.05, 4.69) is 5.32 Å². The molecule has 92 valence electrons. The highest BCUT2D eigenvalue weighted by Gasteiger charge is 2.17. The Labute approximate surface area is 101 Å². The molecule has 0 radical (unpaired) electrons. The Balaban J connectivity index is 2.61. The smallest absolute Gasteiger partial charge is 0.251 e. The molecule has 0 aliphatic heterocycles. The van der Waals surface area contributed by atoms with Crippen LogP contribution in [0.2, 0.25) is 0 Å². The van der Waals surface area contributed by atoms with Crippen molar-refractivity contribution in [3.63, 3.8) is 0 Å². The van der Waals surface area contributed by atoms with Crippen LogP contribution in [0.4, 0.5) is 0 Å². The van der Waals surface area contributed by atoms with Crippen molar-refractivity contribution < 1.29 is 9.59 Å². The van der Waals surface area contributed by atoms with Gasteiger partial charge in [0.05, 0.1) is 0 Å². The van der Waals surface area contributed by atoms with Gasteiger partial charge >= 0.3 is 0 Å². The van der Waals surface area contributed by atoms with Gasteiger partial charge in [0.25, 0.3) is 5.91 Å². The van der Waals surface area contributed by atoms with Gasteiger partial charge in [-0.2, -0.15) is 0 Å². The Hall–Kier alpha value is -1.84. The number of carbonyl (C=O) groups excluding carboxylic acids is 2. The van der Waals surface area contributed by atoms with E-state index in [9.17, 15) is 9.59 Å². The summed E-state index contributed by atoms with van der Waals surface area (Å²) in [6, 6.07) is 8.21. The van der Waals surface area contributed by atoms with Crippen LogP contribution in [0.15, 0.2) is 30.3 Å². The van der Waals surface area contributed by atoms with Crippen molar-refractivity contribution in [1.29, 1.82) is 0 Å². The largest absolute Gasteiger partial charge is 0.368 e. The van der Waals surface area contributed by atoms with Gasteiger partial charge in [0.15, 0.2) is 0 Å². The van der Waals surface area contributed by atoms with E-state index < -0.39 is 11.9 Å². The molecule has 2 amide bonds. The van der Waals surface area contributed by atoms with Crippen LogP contribution in [0.3, 0.4) is 0 Å². The third kappa shape index (κ3) is 4.26. The van der Waals surface area contributed by atoms with Gasteiger partial charge in [0.2, 0.25) is 5.91 Å². The molecule has 17 heavy (non-hydrogen) atoms. The van der Waals surface area contributed by atoms with Crippen molar-refractivity contribution in [3.8, 4) is 0 Å². The van der Waals surface area contributed by atoms with E-state index in [4.69, 9.17) is 5.73 Å². The van der Waals surface area contributed by atoms with Crippen molar-refractivity contribution in [2.24, 2.45) is 5.73 Å². The lowest BCUT2D eigenvalue weighted by molar-refractivity contribution is -0.120. The SMILES string of the molecule is CCCC[C@H](NC(=O)c1ccccc1)C(N)=O. The quantitative estimate of drug-likeness (QED) is 0.782. The Kier molecular flexibility index (Phi) is 5.20. The molecule has 0 aromatic heterocycles. The first-order chi connectivity index (χ1) is 8.15. The Morgan fingerprint density at radius 2 is 1.94 bits per heavy atom. The van der Waals surface area contributed by atoms with Gasteiger partial charge in [-0.25, -0.2) is 0 Å². The molecule has 0 fully saturated rings. The highest BCUT2D eigenvalue weighted by atomic mass is 16.2. The molecule has 1 rings (SSSR count). The van der Waals surface area contributed by atoms with Gasteiger partial charge < -0.3 is 11.1 Å². The first-order valence-electron chi connectivity index (χ1n) is 5.80. The number of rotatable bonds is 6. The van der Waals surface area contributed by atoms with Crippen LogP contribution in [0.5, 0.6) is 0 Å². The van der Waals surface area contributed by atoms with E-state index in [1.165, 1.54) is 0 Å². The number of carbonyl (C=O) groups is 2. The molecule has 0 aliphatic rings. The van der Waals surface area contributed by atoms with Crippen LogP contribution in [-0.4, -0.2) is 17.9 Å². The summed E-state index contributed by atoms with van der Waals surface area (Å²) in [6.07, 6.45) is 2.41. The fourth-order valence-electron chi connectivity index (χ4n) is 1.52. The number of hydrogen-bond acceptors (Lipinski definition) is 2. The lowest BCUT2D eigenvalue weighted by Crippen LogP contribution is -2.44. The minimum Gasteiger partial charge on any atom is -0.368 e. The van der Waals surface area contributed by atoms with Crippen molar-refractivity contribution in [1.82, 2.24) is 5.32 Å². The van der Waals surface area contributed by atoms with Crippen LogP contribution < -0.4 is 11.1 Å². The van der Waals surface area contributed by atoms with E-state index >= 15 is 0 Å². The van der Waals surface area contributed by atoms with Gasteiger partial charge in [-0.1, -0.05) is 38.0 Å². The predicted octanol–water partition coefficient (Wildman–Crippen LogP) is 1.46. The highest BCUT2D eigenvalue weighted by molar-refractivity contribution is 5.97. The van der Waals surface area contributed by atoms with Crippen molar-refractivity contribution in [3.05, 3.63) is 35.9 Å². The molecule has 3 N–H and O–H groups in total. The summed E-state index contributed by atoms with van der Waals surface area (Å²) >= 11 is 0. The Morgan fingerprint density at radius 3 is 2.47 bits per heavy atom. The molecular weight excluding hydrogens is 216 g/mol. The number of hydrogen-bond donors (Lipinski definition) is 2. The number of amides is 2. The van der Waals surface area contributed by atoms with Gasteiger partial charge in [0, 0.05) is 5.56 Å². The molecule has 0 aliphatic carbocycles. The minimum absolute atomic E-state index is 0.259. The van der Waals surface area contributed by atoms with Crippen LogP contribution >= 0.6 is 0 Å². The van der Waals surface area contributed by atoms with Crippen LogP contribution in [0, 0.1) is 0 Å². The second kappa shape index (κ2) is 6.68. The van der Waals surface area contributed by atoms with Gasteiger partial charge in [0.1, 0.15) is 6.04 Å². The number of primary amides is 1. The average Bonchev–Trinajstić information content (AvgIpc) is 2.35. The van der Waals surface area contributed by atoms with E-state index in [0.29, 0.717) is 12.0 Å². The van der Waals surface area contributed by atoms with Gasteiger partial charge in [-0.05, 0) is 18.6 Å². The number of nitrogens with one attached hydrogen (secondary N) is 1. The first-order valence-corrected chi connectivity index (χ1v) is 5.80. The summed E-state index contributed by atoms with van der Waals surface area (Å²) < 4.78 is 0. The Bertz CT molecular complexity index is 376. The standard InChI is InChI=1S/C13H18N2O2/c1-2-3-9-11(12(14)16)15-13(17)10-7-5-4-6-8-10/h4-8,11H,2-3,9H2,1H3,(H2,14,16)(H,15,17)/t11-/m0/s1. The lowest BCUT2D eigenvalue weighted by atomic mass is 10.1. The van der Waals surface area contributed by atoms with Gasteiger partial charge in [-0.15, -0.1) is 0 Å². The number of unbranched alkanes of at least 4 members (excludes halogenated alkanes) is 1. The highest BCUT2D eigenvalue weighted by Crippen LogP contribution is 2.03. The lowest BCUT2D eigenvalue weighted by Gasteiger charge is -2.14. The molecule has 0 spiro atoms. The van der Waals surface area contributed by atoms with Crippen molar-refractivity contribution in [2.45, 2.75) is 32.2 Å². The molecule has 1 atom stereocenters. The number of nitrogens with two attached hydrogens (primary N) is 1. The summed E-state index contributed by atoms with van der Waals surface area (Å²) in [5.74, 6) is -0.742. The second-order valence-corrected chi connectivity index (χ2v) is 3.94. The third-order valence-electron chi connectivity index (χ3n) is 2.53. The maximum atomic E-state index is 11.8. The van der Waals surface area contributed by atoms with Crippen molar-refractivity contribution in [2.75, 3.05) is 0 Å². The number of benzene rings is 1. The van der Waals surface area contributed by atoms with E-state index in [-0.39, 0.29) is 5.91 Å². The zero-order valence-electron chi connectivity index (χ0n) is 9.98. The normalized spacial score (nSPS) is 11.8. The van der Waals surface area contributed by atoms with E-state index in [0.717, 1.165) is 12.8 Å². The maximum Gasteiger partial charge on any atom is 0.251 e. The van der Waals surface area contributed by atoms with Crippen LogP contribution in [0.25, 0.3) is 0 Å². The summed E-state index contributed by atoms with van der Waals surface area (Å²) in [5.41, 5.74) is 5.79. The average molecular weight is 234 g/mol. The summed E-state index contributed by atoms with van der Waals surface area (Å²) in [5, 5.41) is 2.65. The topological polar surface area (TPSA) is 72.2 Å². The molecule has 0 heterocycles.